The van der Waals surface area contributed by atoms with E-state index in [0.29, 0.717) is 0 Å². The van der Waals surface area contributed by atoms with Crippen LogP contribution in [0.3, 0.4) is 0 Å². The minimum absolute atomic E-state index is 1.22. The first-order valence-corrected chi connectivity index (χ1v) is 43.8. The van der Waals surface area contributed by atoms with Crippen LogP contribution in [0.15, 0.2) is 82.6 Å². The molecule has 0 spiro atoms. The molecule has 0 aliphatic carbocycles. The van der Waals surface area contributed by atoms with Crippen molar-refractivity contribution in [2.24, 2.45) is 0 Å². The van der Waals surface area contributed by atoms with Gasteiger partial charge in [0.05, 0.1) is 0 Å². The average Bonchev–Trinajstić information content (AvgIpc) is 0.786. The third kappa shape index (κ3) is 32.2. The summed E-state index contributed by atoms with van der Waals surface area (Å²) in [6, 6.07) is 30.5. The molecule has 0 radical (unpaired) electrons. The highest BCUT2D eigenvalue weighted by atomic mass is 32.2. The summed E-state index contributed by atoms with van der Waals surface area (Å²) in [4.78, 5) is 2.72. The Balaban J connectivity index is 1.13. The maximum Gasteiger partial charge on any atom is 0.0148 e. The summed E-state index contributed by atoms with van der Waals surface area (Å²) in [5.41, 5.74) is 9.15. The van der Waals surface area contributed by atoms with Crippen molar-refractivity contribution in [1.29, 1.82) is 0 Å². The minimum atomic E-state index is 1.22. The number of fused-ring (bicyclic) bond motifs is 4. The molecule has 0 saturated carbocycles. The molecular weight excluding hydrogens is 1170 g/mol. The highest BCUT2D eigenvalue weighted by Gasteiger charge is 2.13. The van der Waals surface area contributed by atoms with Crippen molar-refractivity contribution in [1.82, 2.24) is 0 Å². The van der Waals surface area contributed by atoms with Crippen LogP contribution in [0.1, 0.15) is 395 Å². The first-order chi connectivity index (χ1) is 46.5. The van der Waals surface area contributed by atoms with Crippen LogP contribution in [0.25, 0.3) is 55.2 Å². The molecule has 0 saturated heterocycles. The zero-order valence-corrected chi connectivity index (χ0v) is 64.1. The predicted octanol–water partition coefficient (Wildman–Crippen LogP) is 32.4. The van der Waals surface area contributed by atoms with Gasteiger partial charge in [-0.2, -0.15) is 0 Å². The molecule has 0 fully saturated rings. The Bertz CT molecular complexity index is 2720. The number of benzene rings is 6. The molecule has 524 valence electrons. The van der Waals surface area contributed by atoms with E-state index in [9.17, 15) is 0 Å². The first kappa shape index (κ1) is 79.8. The van der Waals surface area contributed by atoms with Gasteiger partial charge in [0, 0.05) is 9.79 Å². The smallest absolute Gasteiger partial charge is 0.0148 e. The molecule has 0 amide bonds. The summed E-state index contributed by atoms with van der Waals surface area (Å²) in [6.07, 6.45) is 87.7. The van der Waals surface area contributed by atoms with Gasteiger partial charge in [0.15, 0.2) is 0 Å². The third-order valence-corrected chi connectivity index (χ3v) is 23.2. The summed E-state index contributed by atoms with van der Waals surface area (Å²) in [5.74, 6) is 0. The number of thioether (sulfide) groups is 2. The molecule has 6 rings (SSSR count). The number of aryl methyl sites for hydroxylation is 4. The maximum absolute atomic E-state index is 2.62. The Morgan fingerprint density at radius 1 is 0.191 bits per heavy atom. The molecule has 94 heavy (non-hydrogen) atoms. The number of hydrogen-bond acceptors (Lipinski definition) is 2. The molecule has 0 heterocycles. The van der Waals surface area contributed by atoms with Crippen LogP contribution in [-0.4, -0.2) is 12.5 Å². The molecule has 0 N–H and O–H groups in total. The van der Waals surface area contributed by atoms with Gasteiger partial charge in [0.2, 0.25) is 0 Å². The molecule has 0 aliphatic heterocycles. The van der Waals surface area contributed by atoms with Gasteiger partial charge in [-0.25, -0.2) is 0 Å². The monoisotopic (exact) mass is 1310 g/mol. The highest BCUT2D eigenvalue weighted by Crippen LogP contribution is 2.37. The largest absolute Gasteiger partial charge is 0.129 e. The maximum atomic E-state index is 2.62. The molecule has 6 aromatic rings. The van der Waals surface area contributed by atoms with Crippen LogP contribution in [0, 0.1) is 0 Å². The summed E-state index contributed by atoms with van der Waals surface area (Å²) >= 11 is 3.79. The van der Waals surface area contributed by atoms with Crippen LogP contribution < -0.4 is 0 Å². The van der Waals surface area contributed by atoms with E-state index in [1.807, 2.05) is 23.5 Å². The van der Waals surface area contributed by atoms with Crippen molar-refractivity contribution in [3.05, 3.63) is 106 Å². The van der Waals surface area contributed by atoms with Gasteiger partial charge in [-0.15, -0.1) is 23.5 Å². The molecule has 0 bridgehead atoms. The molecule has 2 heteroatoms. The molecular formula is C92H144S2. The molecule has 0 nitrogen and oxygen atoms in total. The fraction of sp³-hybridized carbons (Fsp3) is 0.674. The first-order valence-electron chi connectivity index (χ1n) is 41.3. The quantitative estimate of drug-likeness (QED) is 0.0162. The fourth-order valence-corrected chi connectivity index (χ4v) is 16.7. The van der Waals surface area contributed by atoms with Crippen molar-refractivity contribution in [2.75, 3.05) is 12.5 Å². The van der Waals surface area contributed by atoms with E-state index in [-0.39, 0.29) is 0 Å². The molecule has 0 aliphatic rings. The number of unbranched alkanes of at least 4 members (excludes halogenated alkanes) is 48. The zero-order valence-electron chi connectivity index (χ0n) is 62.5. The number of hydrogen-bond donors (Lipinski definition) is 0. The number of rotatable bonds is 60. The van der Waals surface area contributed by atoms with Crippen molar-refractivity contribution in [3.63, 3.8) is 0 Å². The Morgan fingerprint density at radius 2 is 0.351 bits per heavy atom. The minimum Gasteiger partial charge on any atom is -0.129 e. The summed E-state index contributed by atoms with van der Waals surface area (Å²) < 4.78 is 0. The summed E-state index contributed by atoms with van der Waals surface area (Å²) in [6.45, 7) is 9.29. The Hall–Kier alpha value is -3.20. The second kappa shape index (κ2) is 51.9. The van der Waals surface area contributed by atoms with Gasteiger partial charge in [0.25, 0.3) is 0 Å². The van der Waals surface area contributed by atoms with E-state index in [4.69, 9.17) is 0 Å². The second-order valence-corrected chi connectivity index (χ2v) is 31.5. The van der Waals surface area contributed by atoms with Gasteiger partial charge in [-0.05, 0) is 189 Å². The van der Waals surface area contributed by atoms with Gasteiger partial charge in [0.1, 0.15) is 0 Å². The van der Waals surface area contributed by atoms with E-state index < -0.39 is 0 Å². The zero-order chi connectivity index (χ0) is 66.1. The van der Waals surface area contributed by atoms with Crippen LogP contribution in [0.4, 0.5) is 0 Å². The Morgan fingerprint density at radius 3 is 0.532 bits per heavy atom. The lowest BCUT2D eigenvalue weighted by Gasteiger charge is -2.15. The van der Waals surface area contributed by atoms with Crippen LogP contribution in [0.2, 0.25) is 0 Å². The Kier molecular flexibility index (Phi) is 44.1. The fourth-order valence-electron chi connectivity index (χ4n) is 15.4. The predicted molar refractivity (Wildman–Crippen MR) is 433 cm³/mol. The second-order valence-electron chi connectivity index (χ2n) is 29.8. The standard InChI is InChI=1S/C92H144S2/c1-7-11-15-19-23-27-31-35-39-43-47-51-55-59-77-65-83-71-87-69-81(91(93-5)75-89(87)73-85(83)67-79(77)61-57-53-49-45-41-37-33-29-25-21-17-13-9-3)63-64-82-70-88-72-84-66-78(60-56-52-48-44-40-36-32-28-24-20-16-12-8-2)80(68-86(84)74-90(88)76-92(82)94-6)62-58-54-50-46-42-38-34-30-26-22-18-14-10-4/h63-76H,7-62H2,1-6H3. The Labute approximate surface area is 590 Å². The molecule has 0 unspecified atom stereocenters. The van der Waals surface area contributed by atoms with Crippen molar-refractivity contribution in [2.45, 2.75) is 397 Å². The summed E-state index contributed by atoms with van der Waals surface area (Å²) in [7, 11) is 0. The van der Waals surface area contributed by atoms with Crippen molar-refractivity contribution >= 4 is 78.8 Å². The normalized spacial score (nSPS) is 12.0. The van der Waals surface area contributed by atoms with E-state index in [1.54, 1.807) is 22.3 Å². The topological polar surface area (TPSA) is 0 Å². The lowest BCUT2D eigenvalue weighted by atomic mass is 9.91. The summed E-state index contributed by atoms with van der Waals surface area (Å²) in [5, 5.41) is 11.1. The SMILES string of the molecule is CCCCCCCCCCCCCCCc1cc2cc3cc(C=Cc4cc5cc6cc(CCCCCCCCCCCCCCC)c(CCCCCCCCCCCCCCC)cc6cc5cc4SC)c(SC)cc3cc2cc1CCCCCCCCCCCCCCC. The van der Waals surface area contributed by atoms with Gasteiger partial charge >= 0.3 is 0 Å². The van der Waals surface area contributed by atoms with E-state index in [0.717, 1.165) is 0 Å². The lowest BCUT2D eigenvalue weighted by Crippen LogP contribution is -1.97. The van der Waals surface area contributed by atoms with Crippen LogP contribution in [-0.2, 0) is 25.7 Å². The van der Waals surface area contributed by atoms with Crippen LogP contribution in [0.5, 0.6) is 0 Å². The van der Waals surface area contributed by atoms with Crippen molar-refractivity contribution in [3.8, 4) is 0 Å². The van der Waals surface area contributed by atoms with Crippen LogP contribution >= 0.6 is 23.5 Å². The van der Waals surface area contributed by atoms with Gasteiger partial charge < -0.3 is 0 Å². The molecule has 0 atom stereocenters. The highest BCUT2D eigenvalue weighted by molar-refractivity contribution is 7.99. The van der Waals surface area contributed by atoms with E-state index in [2.05, 4.69) is 125 Å². The van der Waals surface area contributed by atoms with E-state index >= 15 is 0 Å². The average molecular weight is 1310 g/mol. The third-order valence-electron chi connectivity index (χ3n) is 21.6. The van der Waals surface area contributed by atoms with Crippen molar-refractivity contribution < 1.29 is 0 Å². The molecule has 6 aromatic carbocycles. The molecule has 0 aromatic heterocycles. The van der Waals surface area contributed by atoms with Gasteiger partial charge in [-0.3, -0.25) is 0 Å². The lowest BCUT2D eigenvalue weighted by molar-refractivity contribution is 0.537. The van der Waals surface area contributed by atoms with Gasteiger partial charge in [-0.1, -0.05) is 372 Å². The van der Waals surface area contributed by atoms with E-state index in [1.165, 1.54) is 424 Å².